The molecule has 16 heavy (non-hydrogen) atoms. The molecule has 0 heterocycles. The van der Waals surface area contributed by atoms with Crippen molar-refractivity contribution in [3.05, 3.63) is 28.8 Å². The molecule has 0 saturated heterocycles. The Balaban J connectivity index is 3.26. The molecule has 1 aromatic carbocycles. The molecule has 0 radical (unpaired) electrons. The Hall–Kier alpha value is -1.53. The first-order valence-corrected chi connectivity index (χ1v) is 5.40. The molecular formula is C13H17NO2. The first-order chi connectivity index (χ1) is 7.62. The Kier molecular flexibility index (Phi) is 4.33. The molecular weight excluding hydrogens is 202 g/mol. The summed E-state index contributed by atoms with van der Waals surface area (Å²) in [5.41, 5.74) is 2.53. The molecule has 1 rings (SSSR count). The van der Waals surface area contributed by atoms with Crippen LogP contribution in [-0.2, 0) is 12.8 Å². The van der Waals surface area contributed by atoms with Crippen molar-refractivity contribution in [1.29, 1.82) is 5.26 Å². The average molecular weight is 219 g/mol. The van der Waals surface area contributed by atoms with Crippen LogP contribution in [0.2, 0.25) is 0 Å². The van der Waals surface area contributed by atoms with Crippen LogP contribution in [0.1, 0.15) is 30.5 Å². The van der Waals surface area contributed by atoms with E-state index in [1.807, 2.05) is 13.0 Å². The van der Waals surface area contributed by atoms with Crippen molar-refractivity contribution in [3.8, 4) is 11.8 Å². The molecule has 1 N–H and O–H groups in total. The van der Waals surface area contributed by atoms with Crippen LogP contribution in [0.4, 0.5) is 0 Å². The third-order valence-corrected chi connectivity index (χ3v) is 2.47. The second-order valence-corrected chi connectivity index (χ2v) is 3.85. The summed E-state index contributed by atoms with van der Waals surface area (Å²) in [6.45, 7) is 3.75. The molecule has 3 heteroatoms. The standard InChI is InChI=1S/C13H17NO2/c1-4-11-6-10(8-14)7-12(5-9(2)15)13(11)16-3/h6-7,9,15H,4-5H2,1-3H3. The molecule has 0 aromatic heterocycles. The van der Waals surface area contributed by atoms with Gasteiger partial charge >= 0.3 is 0 Å². The van der Waals surface area contributed by atoms with Crippen molar-refractivity contribution in [2.75, 3.05) is 7.11 Å². The van der Waals surface area contributed by atoms with Crippen LogP contribution in [0.15, 0.2) is 12.1 Å². The minimum absolute atomic E-state index is 0.437. The molecule has 0 aliphatic carbocycles. The number of nitriles is 1. The zero-order valence-electron chi connectivity index (χ0n) is 9.95. The first-order valence-electron chi connectivity index (χ1n) is 5.40. The van der Waals surface area contributed by atoms with Gasteiger partial charge in [-0.15, -0.1) is 0 Å². The smallest absolute Gasteiger partial charge is 0.125 e. The summed E-state index contributed by atoms with van der Waals surface area (Å²) >= 11 is 0. The fourth-order valence-electron chi connectivity index (χ4n) is 1.81. The van der Waals surface area contributed by atoms with E-state index in [4.69, 9.17) is 10.00 Å². The van der Waals surface area contributed by atoms with Crippen LogP contribution in [0.25, 0.3) is 0 Å². The quantitative estimate of drug-likeness (QED) is 0.843. The lowest BCUT2D eigenvalue weighted by molar-refractivity contribution is 0.194. The molecule has 1 aromatic rings. The molecule has 0 amide bonds. The van der Waals surface area contributed by atoms with E-state index in [0.717, 1.165) is 23.3 Å². The van der Waals surface area contributed by atoms with Gasteiger partial charge in [-0.2, -0.15) is 5.26 Å². The van der Waals surface area contributed by atoms with Crippen molar-refractivity contribution in [3.63, 3.8) is 0 Å². The Morgan fingerprint density at radius 3 is 2.50 bits per heavy atom. The van der Waals surface area contributed by atoms with E-state index in [0.29, 0.717) is 12.0 Å². The van der Waals surface area contributed by atoms with Gasteiger partial charge < -0.3 is 9.84 Å². The maximum absolute atomic E-state index is 9.41. The lowest BCUT2D eigenvalue weighted by atomic mass is 9.99. The summed E-state index contributed by atoms with van der Waals surface area (Å²) in [5.74, 6) is 0.794. The minimum atomic E-state index is -0.437. The molecule has 1 unspecified atom stereocenters. The highest BCUT2D eigenvalue weighted by Crippen LogP contribution is 2.27. The van der Waals surface area contributed by atoms with E-state index in [1.54, 1.807) is 20.1 Å². The van der Waals surface area contributed by atoms with Gasteiger partial charge in [-0.05, 0) is 36.6 Å². The molecule has 0 saturated carbocycles. The van der Waals surface area contributed by atoms with E-state index in [1.165, 1.54) is 0 Å². The van der Waals surface area contributed by atoms with Gasteiger partial charge in [0.1, 0.15) is 5.75 Å². The summed E-state index contributed by atoms with van der Waals surface area (Å²) in [6, 6.07) is 5.75. The number of hydrogen-bond acceptors (Lipinski definition) is 3. The van der Waals surface area contributed by atoms with Crippen LogP contribution in [-0.4, -0.2) is 18.3 Å². The van der Waals surface area contributed by atoms with Gasteiger partial charge in [0.15, 0.2) is 0 Å². The fourth-order valence-corrected chi connectivity index (χ4v) is 1.81. The number of ether oxygens (including phenoxy) is 1. The molecule has 0 aliphatic rings. The zero-order chi connectivity index (χ0) is 12.1. The highest BCUT2D eigenvalue weighted by Gasteiger charge is 2.12. The maximum Gasteiger partial charge on any atom is 0.125 e. The topological polar surface area (TPSA) is 53.2 Å². The van der Waals surface area contributed by atoms with Crippen LogP contribution in [0.3, 0.4) is 0 Å². The molecule has 86 valence electrons. The number of aryl methyl sites for hydroxylation is 1. The summed E-state index contributed by atoms with van der Waals surface area (Å²) in [6.07, 6.45) is 0.879. The van der Waals surface area contributed by atoms with Crippen LogP contribution >= 0.6 is 0 Å². The number of rotatable bonds is 4. The van der Waals surface area contributed by atoms with E-state index >= 15 is 0 Å². The number of aliphatic hydroxyl groups is 1. The Morgan fingerprint density at radius 1 is 1.44 bits per heavy atom. The molecule has 0 bridgehead atoms. The number of methoxy groups -OCH3 is 1. The Bertz CT molecular complexity index is 405. The predicted molar refractivity (Wildman–Crippen MR) is 62.5 cm³/mol. The van der Waals surface area contributed by atoms with E-state index < -0.39 is 6.10 Å². The van der Waals surface area contributed by atoms with Crippen LogP contribution in [0.5, 0.6) is 5.75 Å². The monoisotopic (exact) mass is 219 g/mol. The summed E-state index contributed by atoms with van der Waals surface area (Å²) in [4.78, 5) is 0. The lowest BCUT2D eigenvalue weighted by Crippen LogP contribution is -2.07. The van der Waals surface area contributed by atoms with Crippen molar-refractivity contribution in [2.24, 2.45) is 0 Å². The van der Waals surface area contributed by atoms with E-state index in [9.17, 15) is 5.11 Å². The summed E-state index contributed by atoms with van der Waals surface area (Å²) in [5, 5.41) is 18.3. The normalized spacial score (nSPS) is 11.9. The fraction of sp³-hybridized carbons (Fsp3) is 0.462. The Morgan fingerprint density at radius 2 is 2.06 bits per heavy atom. The largest absolute Gasteiger partial charge is 0.496 e. The van der Waals surface area contributed by atoms with Gasteiger partial charge in [-0.25, -0.2) is 0 Å². The van der Waals surface area contributed by atoms with Crippen molar-refractivity contribution >= 4 is 0 Å². The lowest BCUT2D eigenvalue weighted by Gasteiger charge is -2.14. The van der Waals surface area contributed by atoms with E-state index in [2.05, 4.69) is 6.07 Å². The Labute approximate surface area is 96.3 Å². The third kappa shape index (κ3) is 2.74. The number of hydrogen-bond donors (Lipinski definition) is 1. The molecule has 3 nitrogen and oxygen atoms in total. The van der Waals surface area contributed by atoms with Gasteiger partial charge in [0.2, 0.25) is 0 Å². The van der Waals surface area contributed by atoms with E-state index in [-0.39, 0.29) is 0 Å². The minimum Gasteiger partial charge on any atom is -0.496 e. The SMILES string of the molecule is CCc1cc(C#N)cc(CC(C)O)c1OC. The van der Waals surface area contributed by atoms with Gasteiger partial charge in [0, 0.05) is 6.42 Å². The van der Waals surface area contributed by atoms with Crippen molar-refractivity contribution in [1.82, 2.24) is 0 Å². The number of benzene rings is 1. The van der Waals surface area contributed by atoms with Crippen molar-refractivity contribution in [2.45, 2.75) is 32.8 Å². The van der Waals surface area contributed by atoms with Gasteiger partial charge in [0.05, 0.1) is 24.8 Å². The van der Waals surface area contributed by atoms with Crippen LogP contribution in [0, 0.1) is 11.3 Å². The second-order valence-electron chi connectivity index (χ2n) is 3.85. The first kappa shape index (κ1) is 12.5. The third-order valence-electron chi connectivity index (χ3n) is 2.47. The van der Waals surface area contributed by atoms with Gasteiger partial charge in [0.25, 0.3) is 0 Å². The summed E-state index contributed by atoms with van der Waals surface area (Å²) in [7, 11) is 1.62. The van der Waals surface area contributed by atoms with Crippen LogP contribution < -0.4 is 4.74 Å². The van der Waals surface area contributed by atoms with Gasteiger partial charge in [-0.3, -0.25) is 0 Å². The second kappa shape index (κ2) is 5.53. The average Bonchev–Trinajstić information content (AvgIpc) is 2.27. The highest BCUT2D eigenvalue weighted by molar-refractivity contribution is 5.48. The molecule has 1 atom stereocenters. The molecule has 0 fully saturated rings. The predicted octanol–water partition coefficient (Wildman–Crippen LogP) is 2.05. The molecule has 0 aliphatic heterocycles. The molecule has 0 spiro atoms. The maximum atomic E-state index is 9.41. The van der Waals surface area contributed by atoms with Gasteiger partial charge in [-0.1, -0.05) is 6.92 Å². The number of nitrogens with zero attached hydrogens (tertiary/aromatic N) is 1. The highest BCUT2D eigenvalue weighted by atomic mass is 16.5. The zero-order valence-corrected chi connectivity index (χ0v) is 9.95. The summed E-state index contributed by atoms with van der Waals surface area (Å²) < 4.78 is 5.35. The number of aliphatic hydroxyl groups excluding tert-OH is 1. The van der Waals surface area contributed by atoms with Crippen molar-refractivity contribution < 1.29 is 9.84 Å².